The minimum absolute atomic E-state index is 0. The molecule has 0 aromatic carbocycles. The molecule has 0 bridgehead atoms. The van der Waals surface area contributed by atoms with Crippen LogP contribution in [0.2, 0.25) is 0 Å². The van der Waals surface area contributed by atoms with Crippen LogP contribution in [-0.4, -0.2) is 94.9 Å². The molecule has 2 heterocycles. The SMILES string of the molecule is CN=C(NCCN1CCCS1(=O)=O)NCC(CC(C)C)N1CCOCC1.I. The van der Waals surface area contributed by atoms with Crippen molar-refractivity contribution in [2.24, 2.45) is 10.9 Å². The Morgan fingerprint density at radius 3 is 2.44 bits per heavy atom. The summed E-state index contributed by atoms with van der Waals surface area (Å²) < 4.78 is 30.7. The largest absolute Gasteiger partial charge is 0.379 e. The van der Waals surface area contributed by atoms with Gasteiger partial charge in [0.2, 0.25) is 10.0 Å². The molecule has 0 spiro atoms. The Morgan fingerprint density at radius 2 is 1.89 bits per heavy atom. The van der Waals surface area contributed by atoms with Gasteiger partial charge in [0.15, 0.2) is 5.96 Å². The topological polar surface area (TPSA) is 86.3 Å². The maximum Gasteiger partial charge on any atom is 0.214 e. The zero-order chi connectivity index (χ0) is 19.0. The molecule has 2 aliphatic heterocycles. The fourth-order valence-electron chi connectivity index (χ4n) is 3.52. The number of hydrogen-bond acceptors (Lipinski definition) is 5. The number of nitrogens with zero attached hydrogens (tertiary/aromatic N) is 3. The van der Waals surface area contributed by atoms with E-state index in [1.165, 1.54) is 0 Å². The molecular formula is C17H36IN5O3S. The van der Waals surface area contributed by atoms with E-state index in [0.717, 1.165) is 51.6 Å². The lowest BCUT2D eigenvalue weighted by Crippen LogP contribution is -2.51. The first-order valence-corrected chi connectivity index (χ1v) is 11.3. The van der Waals surface area contributed by atoms with Gasteiger partial charge in [0.05, 0.1) is 19.0 Å². The van der Waals surface area contributed by atoms with E-state index >= 15 is 0 Å². The number of aliphatic imine (C=N–C) groups is 1. The fraction of sp³-hybridized carbons (Fsp3) is 0.941. The van der Waals surface area contributed by atoms with Crippen molar-refractivity contribution in [3.63, 3.8) is 0 Å². The molecule has 2 saturated heterocycles. The van der Waals surface area contributed by atoms with Gasteiger partial charge in [0.25, 0.3) is 0 Å². The number of rotatable bonds is 8. The number of halogens is 1. The highest BCUT2D eigenvalue weighted by molar-refractivity contribution is 14.0. The van der Waals surface area contributed by atoms with E-state index in [1.54, 1.807) is 11.4 Å². The number of ether oxygens (including phenoxy) is 1. The van der Waals surface area contributed by atoms with E-state index in [9.17, 15) is 8.42 Å². The second-order valence-corrected chi connectivity index (χ2v) is 9.47. The summed E-state index contributed by atoms with van der Waals surface area (Å²) in [4.78, 5) is 6.75. The smallest absolute Gasteiger partial charge is 0.214 e. The molecule has 0 aromatic rings. The van der Waals surface area contributed by atoms with Crippen LogP contribution in [0.5, 0.6) is 0 Å². The maximum absolute atomic E-state index is 11.8. The third-order valence-corrected chi connectivity index (χ3v) is 6.85. The Hall–Kier alpha value is -0.170. The lowest BCUT2D eigenvalue weighted by atomic mass is 10.0. The van der Waals surface area contributed by atoms with Gasteiger partial charge in [-0.1, -0.05) is 13.8 Å². The molecule has 0 aromatic heterocycles. The van der Waals surface area contributed by atoms with Crippen LogP contribution in [0.4, 0.5) is 0 Å². The predicted molar refractivity (Wildman–Crippen MR) is 120 cm³/mol. The van der Waals surface area contributed by atoms with Crippen LogP contribution in [0.3, 0.4) is 0 Å². The van der Waals surface area contributed by atoms with E-state index < -0.39 is 10.0 Å². The van der Waals surface area contributed by atoms with Crippen molar-refractivity contribution in [3.05, 3.63) is 0 Å². The lowest BCUT2D eigenvalue weighted by Gasteiger charge is -2.35. The van der Waals surface area contributed by atoms with E-state index in [0.29, 0.717) is 31.6 Å². The summed E-state index contributed by atoms with van der Waals surface area (Å²) in [6.07, 6.45) is 1.85. The van der Waals surface area contributed by atoms with Crippen molar-refractivity contribution in [2.45, 2.75) is 32.7 Å². The molecule has 8 nitrogen and oxygen atoms in total. The Balaban J connectivity index is 0.00000364. The average Bonchev–Trinajstić information content (AvgIpc) is 2.95. The highest BCUT2D eigenvalue weighted by atomic mass is 127. The van der Waals surface area contributed by atoms with Gasteiger partial charge >= 0.3 is 0 Å². The fourth-order valence-corrected chi connectivity index (χ4v) is 5.05. The Morgan fingerprint density at radius 1 is 1.19 bits per heavy atom. The number of sulfonamides is 1. The van der Waals surface area contributed by atoms with E-state index in [4.69, 9.17) is 4.74 Å². The summed E-state index contributed by atoms with van der Waals surface area (Å²) in [5.41, 5.74) is 0. The summed E-state index contributed by atoms with van der Waals surface area (Å²) in [5.74, 6) is 1.62. The van der Waals surface area contributed by atoms with E-state index in [1.807, 2.05) is 0 Å². The molecular weight excluding hydrogens is 481 g/mol. The van der Waals surface area contributed by atoms with Crippen molar-refractivity contribution < 1.29 is 13.2 Å². The van der Waals surface area contributed by atoms with Crippen molar-refractivity contribution in [1.82, 2.24) is 19.8 Å². The molecule has 0 amide bonds. The van der Waals surface area contributed by atoms with Crippen molar-refractivity contribution in [1.29, 1.82) is 0 Å². The van der Waals surface area contributed by atoms with Crippen LogP contribution < -0.4 is 10.6 Å². The molecule has 10 heteroatoms. The van der Waals surface area contributed by atoms with Crippen LogP contribution >= 0.6 is 24.0 Å². The normalized spacial score (nSPS) is 22.4. The van der Waals surface area contributed by atoms with Gasteiger partial charge in [-0.2, -0.15) is 0 Å². The highest BCUT2D eigenvalue weighted by Crippen LogP contribution is 2.13. The molecule has 2 fully saturated rings. The minimum atomic E-state index is -3.03. The Bertz CT molecular complexity index is 553. The number of guanidine groups is 1. The zero-order valence-corrected chi connectivity index (χ0v) is 20.0. The van der Waals surface area contributed by atoms with Gasteiger partial charge in [-0.3, -0.25) is 9.89 Å². The molecule has 2 aliphatic rings. The van der Waals surface area contributed by atoms with Gasteiger partial charge in [-0.25, -0.2) is 12.7 Å². The van der Waals surface area contributed by atoms with Gasteiger partial charge in [-0.05, 0) is 18.8 Å². The molecule has 0 aliphatic carbocycles. The second-order valence-electron chi connectivity index (χ2n) is 7.38. The molecule has 2 rings (SSSR count). The Kier molecular flexibility index (Phi) is 11.4. The molecule has 27 heavy (non-hydrogen) atoms. The van der Waals surface area contributed by atoms with Gasteiger partial charge in [-0.15, -0.1) is 24.0 Å². The highest BCUT2D eigenvalue weighted by Gasteiger charge is 2.27. The third kappa shape index (κ3) is 8.38. The second kappa shape index (κ2) is 12.4. The first kappa shape index (κ1) is 24.9. The molecule has 1 unspecified atom stereocenters. The maximum atomic E-state index is 11.8. The summed E-state index contributed by atoms with van der Waals surface area (Å²) in [5, 5.41) is 6.64. The Labute approximate surface area is 181 Å². The summed E-state index contributed by atoms with van der Waals surface area (Å²) in [6, 6.07) is 0.441. The van der Waals surface area contributed by atoms with Gasteiger partial charge in [0.1, 0.15) is 0 Å². The number of hydrogen-bond donors (Lipinski definition) is 2. The standard InChI is InChI=1S/C17H35N5O3S.HI/c1-15(2)13-16(21-8-10-25-11-9-21)14-20-17(18-3)19-5-7-22-6-4-12-26(22,23)24;/h15-16H,4-14H2,1-3H3,(H2,18,19,20);1H. The summed E-state index contributed by atoms with van der Waals surface area (Å²) in [7, 11) is -1.29. The summed E-state index contributed by atoms with van der Waals surface area (Å²) >= 11 is 0. The zero-order valence-electron chi connectivity index (χ0n) is 16.8. The monoisotopic (exact) mass is 517 g/mol. The molecule has 0 saturated carbocycles. The van der Waals surface area contributed by atoms with E-state index in [2.05, 4.69) is 34.4 Å². The lowest BCUT2D eigenvalue weighted by molar-refractivity contribution is 0.0132. The summed E-state index contributed by atoms with van der Waals surface area (Å²) in [6.45, 7) is 10.5. The minimum Gasteiger partial charge on any atom is -0.379 e. The molecule has 0 radical (unpaired) electrons. The van der Waals surface area contributed by atoms with Crippen LogP contribution in [0.15, 0.2) is 4.99 Å². The number of morpholine rings is 1. The predicted octanol–water partition coefficient (Wildman–Crippen LogP) is 0.552. The van der Waals surface area contributed by atoms with Crippen LogP contribution in [0.25, 0.3) is 0 Å². The van der Waals surface area contributed by atoms with Gasteiger partial charge < -0.3 is 15.4 Å². The van der Waals surface area contributed by atoms with E-state index in [-0.39, 0.29) is 29.7 Å². The molecule has 2 N–H and O–H groups in total. The van der Waals surface area contributed by atoms with Gasteiger partial charge in [0, 0.05) is 52.4 Å². The van der Waals surface area contributed by atoms with Crippen LogP contribution in [0, 0.1) is 5.92 Å². The van der Waals surface area contributed by atoms with Crippen molar-refractivity contribution in [2.75, 3.05) is 65.3 Å². The van der Waals surface area contributed by atoms with Crippen molar-refractivity contribution >= 4 is 40.0 Å². The third-order valence-electron chi connectivity index (χ3n) is 4.89. The molecule has 1 atom stereocenters. The first-order chi connectivity index (χ1) is 12.4. The van der Waals surface area contributed by atoms with Crippen LogP contribution in [-0.2, 0) is 14.8 Å². The quantitative estimate of drug-likeness (QED) is 0.278. The number of nitrogens with one attached hydrogen (secondary N) is 2. The first-order valence-electron chi connectivity index (χ1n) is 9.66. The van der Waals surface area contributed by atoms with Crippen molar-refractivity contribution in [3.8, 4) is 0 Å². The average molecular weight is 517 g/mol. The van der Waals surface area contributed by atoms with Crippen LogP contribution in [0.1, 0.15) is 26.7 Å². The molecule has 160 valence electrons.